The molecule has 0 amide bonds. The molecule has 1 saturated carbocycles. The van der Waals surface area contributed by atoms with Crippen LogP contribution < -0.4 is 5.32 Å². The smallest absolute Gasteiger partial charge is 0.159 e. The van der Waals surface area contributed by atoms with Crippen LogP contribution in [-0.2, 0) is 32.7 Å². The van der Waals surface area contributed by atoms with Crippen LogP contribution in [0.5, 0.6) is 0 Å². The number of aliphatic hydroxyl groups excluding tert-OH is 3. The van der Waals surface area contributed by atoms with Gasteiger partial charge in [0.2, 0.25) is 0 Å². The van der Waals surface area contributed by atoms with Crippen LogP contribution in [0.4, 0.5) is 0 Å². The van der Waals surface area contributed by atoms with Crippen LogP contribution in [-0.4, -0.2) is 227 Å². The van der Waals surface area contributed by atoms with Crippen molar-refractivity contribution in [2.75, 3.05) is 98.8 Å². The van der Waals surface area contributed by atoms with Crippen LogP contribution in [0.3, 0.4) is 0 Å². The van der Waals surface area contributed by atoms with Crippen LogP contribution in [0.15, 0.2) is 182 Å². The van der Waals surface area contributed by atoms with Gasteiger partial charge in [-0.1, -0.05) is 42.5 Å². The summed E-state index contributed by atoms with van der Waals surface area (Å²) in [5, 5.41) is 41.3. The van der Waals surface area contributed by atoms with Crippen molar-refractivity contribution in [2.45, 2.75) is 234 Å². The molecule has 0 radical (unpaired) electrons. The Kier molecular flexibility index (Phi) is 39.6. The summed E-state index contributed by atoms with van der Waals surface area (Å²) in [5.41, 5.74) is 18.0. The van der Waals surface area contributed by atoms with Gasteiger partial charge in [0.1, 0.15) is 0 Å². The van der Waals surface area contributed by atoms with Crippen LogP contribution in [0.1, 0.15) is 292 Å². The molecule has 23 heteroatoms. The summed E-state index contributed by atoms with van der Waals surface area (Å²) in [6.45, 7) is 32.2. The van der Waals surface area contributed by atoms with Crippen LogP contribution in [0.25, 0.3) is 109 Å². The lowest BCUT2D eigenvalue weighted by Gasteiger charge is -2.30. The third-order valence-corrected chi connectivity index (χ3v) is 29.1. The normalized spacial score (nSPS) is 15.3. The van der Waals surface area contributed by atoms with E-state index in [4.69, 9.17) is 10.2 Å². The van der Waals surface area contributed by atoms with E-state index in [0.717, 1.165) is 256 Å². The Balaban J connectivity index is 0.000000171. The van der Waals surface area contributed by atoms with E-state index in [1.54, 1.807) is 69.2 Å². The van der Waals surface area contributed by atoms with Gasteiger partial charge in [-0.05, 0) is 387 Å². The van der Waals surface area contributed by atoms with Crippen molar-refractivity contribution >= 4 is 167 Å². The molecule has 4 fully saturated rings. The molecule has 1 aliphatic carbocycles. The Morgan fingerprint density at radius 1 is 0.292 bits per heavy atom. The van der Waals surface area contributed by atoms with Gasteiger partial charge >= 0.3 is 0 Å². The Hall–Kier alpha value is -12.4. The van der Waals surface area contributed by atoms with E-state index in [2.05, 4.69) is 72.0 Å². The second-order valence-electron chi connectivity index (χ2n) is 39.1. The summed E-state index contributed by atoms with van der Waals surface area (Å²) in [5.74, 6) is 1.42. The summed E-state index contributed by atoms with van der Waals surface area (Å²) in [7, 11) is 2.00. The molecule has 4 N–H and O–H groups in total. The van der Waals surface area contributed by atoms with Gasteiger partial charge in [-0.3, -0.25) is 47.9 Å². The van der Waals surface area contributed by atoms with Crippen molar-refractivity contribution < 1.29 is 63.3 Å². The number of benzene rings is 10. The van der Waals surface area contributed by atoms with Crippen LogP contribution in [0.2, 0.25) is 0 Å². The average Bonchev–Trinajstić information content (AvgIpc) is 1.63. The molecule has 3 unspecified atom stereocenters. The zero-order chi connectivity index (χ0) is 99.3. The lowest BCUT2D eigenvalue weighted by molar-refractivity contribution is 0.0696. The molecular weight excluding hydrogens is 1800 g/mol. The highest BCUT2D eigenvalue weighted by atomic mass is 16.3. The number of ketones is 10. The van der Waals surface area contributed by atoms with Gasteiger partial charge in [0, 0.05) is 236 Å². The van der Waals surface area contributed by atoms with E-state index >= 15 is 0 Å². The van der Waals surface area contributed by atoms with Gasteiger partial charge in [-0.15, -0.1) is 0 Å². The maximum absolute atomic E-state index is 11.9. The second kappa shape index (κ2) is 50.9. The number of hydrogen-bond acceptors (Lipinski definition) is 18. The molecule has 8 heterocycles. The number of likely N-dealkylation sites (N-methyl/N-ethyl adjacent to an activating group) is 1. The third-order valence-electron chi connectivity index (χ3n) is 29.1. The quantitative estimate of drug-likeness (QED) is 0.0215. The molecule has 19 rings (SSSR count). The van der Waals surface area contributed by atoms with Crippen molar-refractivity contribution in [1.82, 2.24) is 47.8 Å². The number of piperidine rings is 2. The van der Waals surface area contributed by atoms with E-state index in [0.29, 0.717) is 57.6 Å². The zero-order valence-corrected chi connectivity index (χ0v) is 83.3. The number of nitrogens with zero attached hydrogens (tertiary/aromatic N) is 9. The maximum Gasteiger partial charge on any atom is 0.159 e. The minimum absolute atomic E-state index is 0. The highest BCUT2D eigenvalue weighted by Gasteiger charge is 2.37. The molecular formula is C121H152N10O13. The van der Waals surface area contributed by atoms with E-state index in [-0.39, 0.29) is 107 Å². The number of fused-ring (bicyclic) bond motifs is 17. The Bertz CT molecular complexity index is 6700. The summed E-state index contributed by atoms with van der Waals surface area (Å²) >= 11 is 0. The summed E-state index contributed by atoms with van der Waals surface area (Å²) in [4.78, 5) is 128. The van der Waals surface area contributed by atoms with Gasteiger partial charge < -0.3 is 63.1 Å². The van der Waals surface area contributed by atoms with Crippen LogP contribution >= 0.6 is 0 Å². The van der Waals surface area contributed by atoms with Crippen molar-refractivity contribution in [1.29, 1.82) is 0 Å². The van der Waals surface area contributed by atoms with Gasteiger partial charge in [-0.25, -0.2) is 0 Å². The average molecular weight is 1950 g/mol. The van der Waals surface area contributed by atoms with Gasteiger partial charge in [0.15, 0.2) is 57.8 Å². The first kappa shape index (κ1) is 112. The lowest BCUT2D eigenvalue weighted by Crippen LogP contribution is -2.38. The lowest BCUT2D eigenvalue weighted by atomic mass is 10.0. The minimum Gasteiger partial charge on any atom is -0.395 e. The zero-order valence-electron chi connectivity index (χ0n) is 83.3. The second-order valence-corrected chi connectivity index (χ2v) is 39.1. The molecule has 764 valence electrons. The third kappa shape index (κ3) is 25.9. The number of nitrogens with one attached hydrogen (secondary N) is 1. The summed E-state index contributed by atoms with van der Waals surface area (Å²) < 4.78 is 11.5. The van der Waals surface area contributed by atoms with E-state index in [1.165, 1.54) is 64.6 Å². The number of likely N-dealkylation sites (tertiary alicyclic amines) is 3. The van der Waals surface area contributed by atoms with Gasteiger partial charge in [-0.2, -0.15) is 0 Å². The Labute approximate surface area is 848 Å². The molecule has 3 aliphatic heterocycles. The molecule has 10 aromatic carbocycles. The predicted octanol–water partition coefficient (Wildman–Crippen LogP) is 23.8. The molecule has 15 aromatic rings. The number of aromatic nitrogens is 5. The summed E-state index contributed by atoms with van der Waals surface area (Å²) in [6, 6.07) is 59.5. The van der Waals surface area contributed by atoms with Crippen molar-refractivity contribution in [2.24, 2.45) is 5.92 Å². The maximum atomic E-state index is 11.9. The van der Waals surface area contributed by atoms with Crippen molar-refractivity contribution in [3.63, 3.8) is 0 Å². The molecule has 5 aromatic heterocycles. The Morgan fingerprint density at radius 2 is 0.556 bits per heavy atom. The number of Topliss-reactive ketones (excluding diaryl/α,β-unsaturated/α-hetero) is 10. The van der Waals surface area contributed by atoms with E-state index in [9.17, 15) is 53.1 Å². The van der Waals surface area contributed by atoms with Gasteiger partial charge in [0.25, 0.3) is 0 Å². The molecule has 4 aliphatic rings. The fourth-order valence-electron chi connectivity index (χ4n) is 21.5. The molecule has 2 bridgehead atoms. The van der Waals surface area contributed by atoms with E-state index in [1.807, 2.05) is 165 Å². The van der Waals surface area contributed by atoms with Gasteiger partial charge in [0.05, 0.1) is 19.3 Å². The van der Waals surface area contributed by atoms with Crippen molar-refractivity contribution in [3.05, 3.63) is 238 Å². The molecule has 23 nitrogen and oxygen atoms in total. The number of β-amino-alcohol motifs (C(OH)–C–C–N with tert-alkyl or cyclic N) is 1. The fourth-order valence-corrected chi connectivity index (χ4v) is 21.5. The largest absolute Gasteiger partial charge is 0.395 e. The molecule has 0 spiro atoms. The topological polar surface area (TPSA) is 281 Å². The molecule has 144 heavy (non-hydrogen) atoms. The monoisotopic (exact) mass is 1950 g/mol. The SMILES string of the molecule is C.C.C.C.CC(=O)c1ccc2c(c1)c1cc(C(C)=O)ccc1n2CCCN(C)CCO.CC(=O)c1ccc2c(c1)c1cc(C(C)=O)ccc1n2CCCN1CC2CCC1C2.CC(=O)c1ccc2c(c1)c1cc(C(C)=O)ccc1n2CCCN1CCCC(O)C1.CC(=O)c1ccc2c(c1)c1cc(C(C)=O)ccc1n2CCCN1CCCCCC1.CC(=O)c1ccc2c(c1)c1cc(C(C)=O)ccc1n2CCCNCCO. The first-order chi connectivity index (χ1) is 67.4. The minimum atomic E-state index is -0.202. The number of hydrogen-bond donors (Lipinski definition) is 4. The van der Waals surface area contributed by atoms with E-state index < -0.39 is 0 Å². The number of carbonyl (C=O) groups is 10. The number of carbonyl (C=O) groups excluding carboxylic acids is 10. The van der Waals surface area contributed by atoms with Crippen LogP contribution in [0, 0.1) is 5.92 Å². The molecule has 3 saturated heterocycles. The first-order valence-electron chi connectivity index (χ1n) is 50.3. The predicted molar refractivity (Wildman–Crippen MR) is 591 cm³/mol. The first-order valence-corrected chi connectivity index (χ1v) is 50.3. The standard InChI is InChI=1S/C25H28N2O2.C25H30N2O2.C24H28N2O3.C22H26N2O3.C21H24N2O3.4CH4/c1-16(28)19-5-8-24-22(13-19)23-14-20(17(2)29)6-9-25(23)27(24)11-3-10-26-15-18-4-7-21(26)12-18;1-18(28)20-8-10-24-22(16-20)23-17-21(19(2)29)9-11-25(23)27(24)15-7-14-26-12-5-3-4-6-13-26;1-16(27)18-6-8-23-21(13-18)22-14-19(17(2)28)7-9-24(22)26(23)12-4-11-25-10-3-5-20(29)15-25;1-15(26)17-5-7-21-19(13-17)20-14-18(16(2)27)6-8-22(20)24(21)10-4-9-23(3)11-12-25;1-14(25)16-4-6-20-18(12-16)19-13-17(15(2)26)5-7-21(19)23(20)10-3-8-22-9-11-24;;;;/h5-6,8-9,13-14,18,21H,3-4,7,10-12,15H2,1-2H3;8-11,16-17H,3-7,12-15H2,1-2H3;6-9,13-14,20,29H,3-5,10-12,15H2,1-2H3;5-8,13-14,25H,4,9-12H2,1-3H3;4-7,12-13,22,24H,3,8-11H2,1-2H3;4*1H4. The Morgan fingerprint density at radius 3 is 0.806 bits per heavy atom. The number of rotatable bonds is 34. The highest BCUT2D eigenvalue weighted by Crippen LogP contribution is 2.41. The fraction of sp³-hybridized carbons (Fsp3) is 0.421. The summed E-state index contributed by atoms with van der Waals surface area (Å²) in [6.07, 6.45) is 16.4. The molecule has 3 atom stereocenters. The number of aliphatic hydroxyl groups is 3. The number of aryl methyl sites for hydroxylation is 5. The highest BCUT2D eigenvalue weighted by molar-refractivity contribution is 6.18. The van der Waals surface area contributed by atoms with Crippen molar-refractivity contribution in [3.8, 4) is 0 Å².